The lowest BCUT2D eigenvalue weighted by Crippen LogP contribution is -2.47. The van der Waals surface area contributed by atoms with Crippen molar-refractivity contribution in [2.45, 2.75) is 19.9 Å². The molecule has 15 heavy (non-hydrogen) atoms. The van der Waals surface area contributed by atoms with Gasteiger partial charge < -0.3 is 10.2 Å². The maximum Gasteiger partial charge on any atom is 0.336 e. The maximum atomic E-state index is 11.3. The van der Waals surface area contributed by atoms with Gasteiger partial charge in [0.25, 0.3) is 0 Å². The van der Waals surface area contributed by atoms with Gasteiger partial charge in [0.2, 0.25) is 0 Å². The lowest BCUT2D eigenvalue weighted by Gasteiger charge is -2.02. The molecule has 0 fully saturated rings. The molecule has 0 aliphatic heterocycles. The number of quaternary nitrogens is 1. The largest absolute Gasteiger partial charge is 0.423 e. The predicted octanol–water partition coefficient (Wildman–Crippen LogP) is 1.10. The Hall–Kier alpha value is -1.61. The van der Waals surface area contributed by atoms with Crippen LogP contribution in [0.5, 0.6) is 0 Å². The van der Waals surface area contributed by atoms with E-state index in [2.05, 4.69) is 18.7 Å². The van der Waals surface area contributed by atoms with E-state index >= 15 is 0 Å². The Morgan fingerprint density at radius 1 is 1.33 bits per heavy atom. The lowest BCUT2D eigenvalue weighted by atomic mass is 10.1. The van der Waals surface area contributed by atoms with Gasteiger partial charge in [-0.2, -0.15) is 0 Å². The van der Waals surface area contributed by atoms with Crippen molar-refractivity contribution in [1.82, 2.24) is 0 Å². The Morgan fingerprint density at radius 3 is 2.80 bits per heavy atom. The molecule has 0 aliphatic carbocycles. The number of aryl methyl sites for hydroxylation is 1. The Kier molecular flexibility index (Phi) is 2.56. The van der Waals surface area contributed by atoms with Crippen LogP contribution in [0.15, 0.2) is 33.5 Å². The summed E-state index contributed by atoms with van der Waals surface area (Å²) in [6.07, 6.45) is 0.939. The predicted molar refractivity (Wildman–Crippen MR) is 58.5 cm³/mol. The summed E-state index contributed by atoms with van der Waals surface area (Å²) in [5, 5.41) is 0.988. The first-order valence-corrected chi connectivity index (χ1v) is 5.09. The summed E-state index contributed by atoms with van der Waals surface area (Å²) in [5.41, 5.74) is 6.30. The van der Waals surface area contributed by atoms with Crippen LogP contribution in [0, 0.1) is 0 Å². The minimum atomic E-state index is -0.297. The minimum Gasteiger partial charge on any atom is -0.423 e. The highest BCUT2D eigenvalue weighted by molar-refractivity contribution is 5.80. The van der Waals surface area contributed by atoms with Gasteiger partial charge in [-0.25, -0.2) is 4.79 Å². The van der Waals surface area contributed by atoms with Gasteiger partial charge in [0.1, 0.15) is 12.1 Å². The molecule has 3 heteroatoms. The summed E-state index contributed by atoms with van der Waals surface area (Å²) in [4.78, 5) is 11.3. The highest BCUT2D eigenvalue weighted by Crippen LogP contribution is 2.18. The summed E-state index contributed by atoms with van der Waals surface area (Å²) in [6.45, 7) is 2.68. The molecule has 0 saturated carbocycles. The summed E-state index contributed by atoms with van der Waals surface area (Å²) >= 11 is 0. The first-order valence-electron chi connectivity index (χ1n) is 5.09. The average molecular weight is 204 g/mol. The van der Waals surface area contributed by atoms with E-state index < -0.39 is 0 Å². The van der Waals surface area contributed by atoms with E-state index in [1.54, 1.807) is 0 Å². The second-order valence-electron chi connectivity index (χ2n) is 3.52. The molecule has 2 rings (SSSR count). The van der Waals surface area contributed by atoms with Crippen LogP contribution < -0.4 is 11.4 Å². The Labute approximate surface area is 87.5 Å². The van der Waals surface area contributed by atoms with Crippen LogP contribution in [0.2, 0.25) is 0 Å². The van der Waals surface area contributed by atoms with Crippen molar-refractivity contribution in [3.63, 3.8) is 0 Å². The molecule has 3 nitrogen and oxygen atoms in total. The molecule has 0 aliphatic rings. The molecule has 0 spiro atoms. The van der Waals surface area contributed by atoms with Crippen molar-refractivity contribution >= 4 is 11.0 Å². The fourth-order valence-corrected chi connectivity index (χ4v) is 1.70. The average Bonchev–Trinajstić information content (AvgIpc) is 2.26. The van der Waals surface area contributed by atoms with Gasteiger partial charge >= 0.3 is 5.63 Å². The van der Waals surface area contributed by atoms with E-state index in [1.807, 2.05) is 12.1 Å². The SMILES string of the molecule is CCc1ccc2c(C[NH3+])cc(=O)oc2c1. The van der Waals surface area contributed by atoms with E-state index in [4.69, 9.17) is 4.42 Å². The summed E-state index contributed by atoms with van der Waals surface area (Å²) in [7, 11) is 0. The van der Waals surface area contributed by atoms with Gasteiger partial charge in [0.05, 0.1) is 0 Å². The molecule has 3 N–H and O–H groups in total. The summed E-state index contributed by atoms with van der Waals surface area (Å²) in [6, 6.07) is 7.50. The van der Waals surface area contributed by atoms with Gasteiger partial charge in [-0.05, 0) is 18.1 Å². The lowest BCUT2D eigenvalue weighted by molar-refractivity contribution is -0.386. The molecular formula is C12H14NO2+. The van der Waals surface area contributed by atoms with E-state index in [-0.39, 0.29) is 5.63 Å². The Bertz CT molecular complexity index is 543. The molecule has 2 aromatic rings. The van der Waals surface area contributed by atoms with E-state index in [1.165, 1.54) is 11.6 Å². The maximum absolute atomic E-state index is 11.3. The fraction of sp³-hybridized carbons (Fsp3) is 0.250. The smallest absolute Gasteiger partial charge is 0.336 e. The van der Waals surface area contributed by atoms with Crippen molar-refractivity contribution in [3.8, 4) is 0 Å². The monoisotopic (exact) mass is 204 g/mol. The molecule has 0 atom stereocenters. The van der Waals surface area contributed by atoms with Crippen molar-refractivity contribution in [2.24, 2.45) is 0 Å². The third-order valence-electron chi connectivity index (χ3n) is 2.57. The molecular weight excluding hydrogens is 190 g/mol. The molecule has 0 bridgehead atoms. The summed E-state index contributed by atoms with van der Waals surface area (Å²) in [5.74, 6) is 0. The topological polar surface area (TPSA) is 57.9 Å². The first-order chi connectivity index (χ1) is 7.24. The van der Waals surface area contributed by atoms with Crippen LogP contribution in [0.1, 0.15) is 18.1 Å². The number of fused-ring (bicyclic) bond motifs is 1. The van der Waals surface area contributed by atoms with Crippen molar-refractivity contribution < 1.29 is 10.2 Å². The molecule has 0 saturated heterocycles. The second-order valence-corrected chi connectivity index (χ2v) is 3.52. The van der Waals surface area contributed by atoms with Crippen LogP contribution in [-0.2, 0) is 13.0 Å². The second kappa shape index (κ2) is 3.87. The Morgan fingerprint density at radius 2 is 2.13 bits per heavy atom. The van der Waals surface area contributed by atoms with E-state index in [0.717, 1.165) is 17.4 Å². The molecule has 0 unspecified atom stereocenters. The van der Waals surface area contributed by atoms with Crippen molar-refractivity contribution in [1.29, 1.82) is 0 Å². The summed E-state index contributed by atoms with van der Waals surface area (Å²) < 4.78 is 5.16. The standard InChI is InChI=1S/C12H13NO2/c1-2-8-3-4-10-9(7-13)6-12(14)15-11(10)5-8/h3-6H,2,7,13H2,1H3/p+1. The van der Waals surface area contributed by atoms with Crippen LogP contribution >= 0.6 is 0 Å². The van der Waals surface area contributed by atoms with Gasteiger partial charge in [-0.15, -0.1) is 0 Å². The Balaban J connectivity index is 2.78. The van der Waals surface area contributed by atoms with Crippen molar-refractivity contribution in [2.75, 3.05) is 0 Å². The molecule has 0 amide bonds. The van der Waals surface area contributed by atoms with E-state index in [9.17, 15) is 4.79 Å². The van der Waals surface area contributed by atoms with Crippen molar-refractivity contribution in [3.05, 3.63) is 45.8 Å². The van der Waals surface area contributed by atoms with Gasteiger partial charge in [0.15, 0.2) is 0 Å². The number of benzene rings is 1. The zero-order valence-corrected chi connectivity index (χ0v) is 8.75. The van der Waals surface area contributed by atoms with E-state index in [0.29, 0.717) is 12.1 Å². The van der Waals surface area contributed by atoms with Gasteiger partial charge in [-0.3, -0.25) is 0 Å². The highest BCUT2D eigenvalue weighted by atomic mass is 16.4. The number of hydrogen-bond acceptors (Lipinski definition) is 2. The van der Waals surface area contributed by atoms with Gasteiger partial charge in [-0.1, -0.05) is 19.1 Å². The molecule has 1 aromatic heterocycles. The van der Waals surface area contributed by atoms with Crippen LogP contribution in [-0.4, -0.2) is 0 Å². The fourth-order valence-electron chi connectivity index (χ4n) is 1.70. The molecule has 0 radical (unpaired) electrons. The number of rotatable bonds is 2. The quantitative estimate of drug-likeness (QED) is 0.744. The molecule has 1 heterocycles. The molecule has 78 valence electrons. The zero-order chi connectivity index (χ0) is 10.8. The number of hydrogen-bond donors (Lipinski definition) is 1. The van der Waals surface area contributed by atoms with Gasteiger partial charge in [0, 0.05) is 17.0 Å². The van der Waals surface area contributed by atoms with Crippen LogP contribution in [0.4, 0.5) is 0 Å². The van der Waals surface area contributed by atoms with Crippen LogP contribution in [0.25, 0.3) is 11.0 Å². The van der Waals surface area contributed by atoms with Crippen LogP contribution in [0.3, 0.4) is 0 Å². The minimum absolute atomic E-state index is 0.297. The molecule has 1 aromatic carbocycles. The zero-order valence-electron chi connectivity index (χ0n) is 8.75. The third kappa shape index (κ3) is 1.78. The third-order valence-corrected chi connectivity index (χ3v) is 2.57. The normalized spacial score (nSPS) is 10.8. The first kappa shape index (κ1) is 9.93. The highest BCUT2D eigenvalue weighted by Gasteiger charge is 2.05.